The molecule has 0 unspecified atom stereocenters. The van der Waals surface area contributed by atoms with Crippen LogP contribution in [0, 0.1) is 5.82 Å². The van der Waals surface area contributed by atoms with Gasteiger partial charge in [0.25, 0.3) is 0 Å². The summed E-state index contributed by atoms with van der Waals surface area (Å²) in [6, 6.07) is 5.86. The van der Waals surface area contributed by atoms with Gasteiger partial charge in [-0.3, -0.25) is 4.79 Å². The van der Waals surface area contributed by atoms with Crippen molar-refractivity contribution in [3.63, 3.8) is 0 Å². The Kier molecular flexibility index (Phi) is 5.75. The second kappa shape index (κ2) is 8.04. The van der Waals surface area contributed by atoms with E-state index in [0.717, 1.165) is 18.7 Å². The molecule has 1 aromatic heterocycles. The molecule has 0 aliphatic heterocycles. The van der Waals surface area contributed by atoms with Crippen LogP contribution in [-0.2, 0) is 11.2 Å². The van der Waals surface area contributed by atoms with E-state index in [9.17, 15) is 9.18 Å². The predicted octanol–water partition coefficient (Wildman–Crippen LogP) is 2.07. The van der Waals surface area contributed by atoms with Crippen LogP contribution in [0.5, 0.6) is 5.75 Å². The lowest BCUT2D eigenvalue weighted by molar-refractivity contribution is -0.121. The smallest absolute Gasteiger partial charge is 0.223 e. The van der Waals surface area contributed by atoms with Crippen molar-refractivity contribution in [3.05, 3.63) is 48.3 Å². The summed E-state index contributed by atoms with van der Waals surface area (Å²) in [5.41, 5.74) is 0. The quantitative estimate of drug-likeness (QED) is 0.732. The number of nitrogens with zero attached hydrogens (tertiary/aromatic N) is 1. The minimum Gasteiger partial charge on any atom is -0.493 e. The number of H-pyrrole nitrogens is 1. The molecule has 1 aromatic carbocycles. The van der Waals surface area contributed by atoms with E-state index in [2.05, 4.69) is 15.3 Å². The van der Waals surface area contributed by atoms with Crippen LogP contribution in [0.15, 0.2) is 36.7 Å². The van der Waals surface area contributed by atoms with Crippen molar-refractivity contribution in [2.75, 3.05) is 13.2 Å². The zero-order valence-corrected chi connectivity index (χ0v) is 11.6. The zero-order chi connectivity index (χ0) is 14.9. The summed E-state index contributed by atoms with van der Waals surface area (Å²) >= 11 is 0. The number of carbonyl (C=O) groups is 1. The first-order chi connectivity index (χ1) is 10.2. The Hall–Kier alpha value is -2.37. The number of rotatable bonds is 8. The summed E-state index contributed by atoms with van der Waals surface area (Å²) in [7, 11) is 0. The number of imidazole rings is 1. The Morgan fingerprint density at radius 1 is 1.43 bits per heavy atom. The van der Waals surface area contributed by atoms with E-state index in [0.29, 0.717) is 12.3 Å². The minimum absolute atomic E-state index is 0.0779. The number of aryl methyl sites for hydroxylation is 1. The lowest BCUT2D eigenvalue weighted by atomic mass is 10.3. The molecule has 0 saturated carbocycles. The zero-order valence-electron chi connectivity index (χ0n) is 11.6. The van der Waals surface area contributed by atoms with Crippen LogP contribution in [0.3, 0.4) is 0 Å². The second-order valence-corrected chi connectivity index (χ2v) is 4.55. The van der Waals surface area contributed by atoms with Crippen molar-refractivity contribution in [2.24, 2.45) is 0 Å². The van der Waals surface area contributed by atoms with Crippen molar-refractivity contribution in [3.8, 4) is 5.75 Å². The van der Waals surface area contributed by atoms with Gasteiger partial charge < -0.3 is 15.0 Å². The van der Waals surface area contributed by atoms with E-state index in [1.54, 1.807) is 24.5 Å². The first-order valence-electron chi connectivity index (χ1n) is 6.87. The SMILES string of the molecule is O=C(CCOc1cccc(F)c1)NCCCc1ncc[nH]1. The number of aromatic nitrogens is 2. The number of ether oxygens (including phenoxy) is 1. The van der Waals surface area contributed by atoms with Crippen LogP contribution < -0.4 is 10.1 Å². The number of aromatic amines is 1. The van der Waals surface area contributed by atoms with E-state index in [1.807, 2.05) is 0 Å². The van der Waals surface area contributed by atoms with E-state index >= 15 is 0 Å². The van der Waals surface area contributed by atoms with Gasteiger partial charge >= 0.3 is 0 Å². The van der Waals surface area contributed by atoms with Gasteiger partial charge in [0, 0.05) is 31.4 Å². The predicted molar refractivity (Wildman–Crippen MR) is 76.4 cm³/mol. The van der Waals surface area contributed by atoms with Crippen molar-refractivity contribution >= 4 is 5.91 Å². The van der Waals surface area contributed by atoms with Gasteiger partial charge in [-0.1, -0.05) is 6.07 Å². The largest absolute Gasteiger partial charge is 0.493 e. The number of amides is 1. The molecule has 0 spiro atoms. The van der Waals surface area contributed by atoms with Gasteiger partial charge in [-0.05, 0) is 18.6 Å². The number of halogens is 1. The molecule has 0 atom stereocenters. The molecule has 2 aromatic rings. The maximum Gasteiger partial charge on any atom is 0.223 e. The molecule has 0 saturated heterocycles. The molecule has 5 nitrogen and oxygen atoms in total. The topological polar surface area (TPSA) is 67.0 Å². The molecular formula is C15H18FN3O2. The van der Waals surface area contributed by atoms with E-state index in [-0.39, 0.29) is 24.8 Å². The molecule has 2 N–H and O–H groups in total. The van der Waals surface area contributed by atoms with Gasteiger partial charge in [-0.2, -0.15) is 0 Å². The molecule has 1 heterocycles. The average molecular weight is 291 g/mol. The molecule has 21 heavy (non-hydrogen) atoms. The lowest BCUT2D eigenvalue weighted by Crippen LogP contribution is -2.26. The monoisotopic (exact) mass is 291 g/mol. The van der Waals surface area contributed by atoms with Crippen molar-refractivity contribution in [1.82, 2.24) is 15.3 Å². The fraction of sp³-hybridized carbons (Fsp3) is 0.333. The fourth-order valence-corrected chi connectivity index (χ4v) is 1.83. The van der Waals surface area contributed by atoms with Crippen LogP contribution >= 0.6 is 0 Å². The number of hydrogen-bond acceptors (Lipinski definition) is 3. The maximum atomic E-state index is 12.9. The van der Waals surface area contributed by atoms with E-state index in [1.165, 1.54) is 12.1 Å². The molecule has 0 aliphatic carbocycles. The van der Waals surface area contributed by atoms with Crippen molar-refractivity contribution in [1.29, 1.82) is 0 Å². The molecule has 0 bridgehead atoms. The molecule has 1 amide bonds. The van der Waals surface area contributed by atoms with Gasteiger partial charge in [0.05, 0.1) is 13.0 Å². The third kappa shape index (κ3) is 5.64. The van der Waals surface area contributed by atoms with Gasteiger partial charge in [-0.25, -0.2) is 9.37 Å². The summed E-state index contributed by atoms with van der Waals surface area (Å²) < 4.78 is 18.2. The first-order valence-corrected chi connectivity index (χ1v) is 6.87. The molecule has 6 heteroatoms. The molecule has 112 valence electrons. The number of benzene rings is 1. The highest BCUT2D eigenvalue weighted by molar-refractivity contribution is 5.75. The van der Waals surface area contributed by atoms with E-state index < -0.39 is 0 Å². The second-order valence-electron chi connectivity index (χ2n) is 4.55. The van der Waals surface area contributed by atoms with Crippen LogP contribution in [0.4, 0.5) is 4.39 Å². The normalized spacial score (nSPS) is 10.3. The van der Waals surface area contributed by atoms with Crippen LogP contribution in [0.2, 0.25) is 0 Å². The van der Waals surface area contributed by atoms with Crippen LogP contribution in [0.1, 0.15) is 18.7 Å². The molecule has 2 rings (SSSR count). The molecular weight excluding hydrogens is 273 g/mol. The summed E-state index contributed by atoms with van der Waals surface area (Å²) in [4.78, 5) is 18.7. The highest BCUT2D eigenvalue weighted by atomic mass is 19.1. The van der Waals surface area contributed by atoms with Gasteiger partial charge in [0.2, 0.25) is 5.91 Å². The van der Waals surface area contributed by atoms with Gasteiger partial charge in [0.1, 0.15) is 17.4 Å². The highest BCUT2D eigenvalue weighted by Gasteiger charge is 2.02. The molecule has 0 radical (unpaired) electrons. The summed E-state index contributed by atoms with van der Waals surface area (Å²) in [6.45, 7) is 0.826. The van der Waals surface area contributed by atoms with Crippen molar-refractivity contribution in [2.45, 2.75) is 19.3 Å². The standard InChI is InChI=1S/C15H18FN3O2/c16-12-3-1-4-13(11-12)21-10-6-15(20)19-7-2-5-14-17-8-9-18-14/h1,3-4,8-9,11H,2,5-7,10H2,(H,17,18)(H,19,20). The third-order valence-electron chi connectivity index (χ3n) is 2.86. The Labute approximate surface area is 122 Å². The number of nitrogens with one attached hydrogen (secondary N) is 2. The lowest BCUT2D eigenvalue weighted by Gasteiger charge is -2.07. The van der Waals surface area contributed by atoms with E-state index in [4.69, 9.17) is 4.74 Å². The van der Waals surface area contributed by atoms with Crippen LogP contribution in [-0.4, -0.2) is 29.0 Å². The minimum atomic E-state index is -0.352. The maximum absolute atomic E-state index is 12.9. The Balaban J connectivity index is 1.55. The Bertz CT molecular complexity index is 558. The number of hydrogen-bond donors (Lipinski definition) is 2. The first kappa shape index (κ1) is 15.0. The third-order valence-corrected chi connectivity index (χ3v) is 2.86. The number of carbonyl (C=O) groups excluding carboxylic acids is 1. The summed E-state index contributed by atoms with van der Waals surface area (Å²) in [5, 5.41) is 2.81. The fourth-order valence-electron chi connectivity index (χ4n) is 1.83. The van der Waals surface area contributed by atoms with Crippen LogP contribution in [0.25, 0.3) is 0 Å². The average Bonchev–Trinajstić information content (AvgIpc) is 2.97. The highest BCUT2D eigenvalue weighted by Crippen LogP contribution is 2.11. The Morgan fingerprint density at radius 3 is 3.10 bits per heavy atom. The molecule has 0 fully saturated rings. The molecule has 0 aliphatic rings. The van der Waals surface area contributed by atoms with Gasteiger partial charge in [0.15, 0.2) is 0 Å². The Morgan fingerprint density at radius 2 is 2.33 bits per heavy atom. The summed E-state index contributed by atoms with van der Waals surface area (Å²) in [6.07, 6.45) is 5.35. The van der Waals surface area contributed by atoms with Gasteiger partial charge in [-0.15, -0.1) is 0 Å². The summed E-state index contributed by atoms with van der Waals surface area (Å²) in [5.74, 6) is 0.917. The van der Waals surface area contributed by atoms with Crippen molar-refractivity contribution < 1.29 is 13.9 Å².